The van der Waals surface area contributed by atoms with Gasteiger partial charge in [-0.05, 0) is 37.0 Å². The molecule has 0 bridgehead atoms. The number of hydrogen-bond acceptors (Lipinski definition) is 4. The highest BCUT2D eigenvalue weighted by Crippen LogP contribution is 2.25. The summed E-state index contributed by atoms with van der Waals surface area (Å²) in [6, 6.07) is 7.88. The highest BCUT2D eigenvalue weighted by molar-refractivity contribution is 5.98. The molecule has 0 spiro atoms. The molecule has 1 aliphatic rings. The fourth-order valence-electron chi connectivity index (χ4n) is 3.52. The van der Waals surface area contributed by atoms with Gasteiger partial charge in [-0.15, -0.1) is 0 Å². The van der Waals surface area contributed by atoms with Gasteiger partial charge >= 0.3 is 0 Å². The summed E-state index contributed by atoms with van der Waals surface area (Å²) >= 11 is 0. The van der Waals surface area contributed by atoms with E-state index >= 15 is 0 Å². The molecule has 0 saturated carbocycles. The number of nitrogens with zero attached hydrogens (tertiary/aromatic N) is 2. The van der Waals surface area contributed by atoms with Crippen molar-refractivity contribution in [1.29, 1.82) is 0 Å². The Kier molecular flexibility index (Phi) is 4.94. The minimum Gasteiger partial charge on any atom is -0.493 e. The Labute approximate surface area is 158 Å². The minimum atomic E-state index is 0.0829. The van der Waals surface area contributed by atoms with Crippen molar-refractivity contribution in [3.05, 3.63) is 64.6 Å². The van der Waals surface area contributed by atoms with Crippen LogP contribution >= 0.6 is 0 Å². The molecule has 1 aliphatic heterocycles. The summed E-state index contributed by atoms with van der Waals surface area (Å²) in [5, 5.41) is 0. The van der Waals surface area contributed by atoms with Crippen LogP contribution in [0.5, 0.6) is 5.75 Å². The first kappa shape index (κ1) is 17.7. The van der Waals surface area contributed by atoms with Gasteiger partial charge in [0.2, 0.25) is 0 Å². The largest absolute Gasteiger partial charge is 0.493 e. The van der Waals surface area contributed by atoms with E-state index in [-0.39, 0.29) is 5.78 Å². The van der Waals surface area contributed by atoms with Gasteiger partial charge in [0.15, 0.2) is 5.78 Å². The number of benzene rings is 1. The zero-order chi connectivity index (χ0) is 18.8. The van der Waals surface area contributed by atoms with Gasteiger partial charge in [-0.1, -0.05) is 19.1 Å². The number of Topliss-reactive ketones (excluding diaryl/α,β-unsaturated/α-hetero) is 1. The van der Waals surface area contributed by atoms with Crippen LogP contribution in [0, 0.1) is 0 Å². The molecule has 5 nitrogen and oxygen atoms in total. The van der Waals surface area contributed by atoms with E-state index in [1.807, 2.05) is 41.9 Å². The van der Waals surface area contributed by atoms with Crippen LogP contribution in [-0.2, 0) is 30.6 Å². The van der Waals surface area contributed by atoms with E-state index in [9.17, 15) is 4.79 Å². The average molecular weight is 364 g/mol. The summed E-state index contributed by atoms with van der Waals surface area (Å²) in [6.45, 7) is 5.91. The Morgan fingerprint density at radius 2 is 2.11 bits per heavy atom. The van der Waals surface area contributed by atoms with Gasteiger partial charge in [-0.3, -0.25) is 4.79 Å². The molecule has 0 fully saturated rings. The number of hydrogen-bond donors (Lipinski definition) is 0. The van der Waals surface area contributed by atoms with Gasteiger partial charge in [0.1, 0.15) is 11.4 Å². The van der Waals surface area contributed by atoms with E-state index in [1.54, 1.807) is 0 Å². The average Bonchev–Trinajstić information content (AvgIpc) is 3.10. The van der Waals surface area contributed by atoms with Gasteiger partial charge in [-0.2, -0.15) is 0 Å². The summed E-state index contributed by atoms with van der Waals surface area (Å²) in [7, 11) is 0. The van der Waals surface area contributed by atoms with Crippen LogP contribution in [0.1, 0.15) is 46.6 Å². The first-order valence-electron chi connectivity index (χ1n) is 9.54. The molecule has 4 rings (SSSR count). The lowest BCUT2D eigenvalue weighted by atomic mass is 9.96. The van der Waals surface area contributed by atoms with E-state index < -0.39 is 0 Å². The Morgan fingerprint density at radius 1 is 1.22 bits per heavy atom. The zero-order valence-corrected chi connectivity index (χ0v) is 15.8. The fourth-order valence-corrected chi connectivity index (χ4v) is 3.52. The first-order valence-corrected chi connectivity index (χ1v) is 9.54. The molecule has 0 atom stereocenters. The van der Waals surface area contributed by atoms with E-state index in [4.69, 9.17) is 9.47 Å². The predicted molar refractivity (Wildman–Crippen MR) is 104 cm³/mol. The number of rotatable bonds is 6. The van der Waals surface area contributed by atoms with Crippen LogP contribution in [0.15, 0.2) is 36.7 Å². The smallest absolute Gasteiger partial charge is 0.167 e. The van der Waals surface area contributed by atoms with Gasteiger partial charge in [0, 0.05) is 36.0 Å². The maximum atomic E-state index is 12.9. The molecule has 1 aromatic carbocycles. The van der Waals surface area contributed by atoms with E-state index in [2.05, 4.69) is 18.0 Å². The number of fused-ring (bicyclic) bond motifs is 2. The topological polar surface area (TPSA) is 52.8 Å². The number of aryl methyl sites for hydroxylation is 1. The third kappa shape index (κ3) is 3.60. The van der Waals surface area contributed by atoms with Crippen molar-refractivity contribution in [3.63, 3.8) is 0 Å². The van der Waals surface area contributed by atoms with Gasteiger partial charge in [0.25, 0.3) is 0 Å². The molecule has 3 heterocycles. The lowest BCUT2D eigenvalue weighted by molar-refractivity contribution is 0.0989. The number of imidazole rings is 1. The fraction of sp³-hybridized carbons (Fsp3) is 0.364. The third-order valence-electron chi connectivity index (χ3n) is 5.00. The van der Waals surface area contributed by atoms with Crippen molar-refractivity contribution >= 4 is 11.4 Å². The maximum absolute atomic E-state index is 12.9. The molecule has 0 aliphatic carbocycles. The highest BCUT2D eigenvalue weighted by Gasteiger charge is 2.16. The highest BCUT2D eigenvalue weighted by atomic mass is 16.5. The molecule has 0 radical (unpaired) electrons. The van der Waals surface area contributed by atoms with Crippen LogP contribution in [-0.4, -0.2) is 28.4 Å². The van der Waals surface area contributed by atoms with E-state index in [0.717, 1.165) is 53.2 Å². The second-order valence-corrected chi connectivity index (χ2v) is 6.83. The third-order valence-corrected chi connectivity index (χ3v) is 5.00. The summed E-state index contributed by atoms with van der Waals surface area (Å²) < 4.78 is 13.3. The van der Waals surface area contributed by atoms with Crippen molar-refractivity contribution in [1.82, 2.24) is 9.38 Å². The maximum Gasteiger partial charge on any atom is 0.167 e. The van der Waals surface area contributed by atoms with Gasteiger partial charge in [0.05, 0.1) is 25.5 Å². The molecule has 3 aromatic rings. The molecule has 0 saturated heterocycles. The number of aromatic nitrogens is 2. The summed E-state index contributed by atoms with van der Waals surface area (Å²) in [6.07, 6.45) is 6.05. The Morgan fingerprint density at radius 3 is 2.93 bits per heavy atom. The zero-order valence-electron chi connectivity index (χ0n) is 15.8. The van der Waals surface area contributed by atoms with Crippen LogP contribution < -0.4 is 4.74 Å². The van der Waals surface area contributed by atoms with Gasteiger partial charge in [-0.25, -0.2) is 4.98 Å². The summed E-state index contributed by atoms with van der Waals surface area (Å²) in [4.78, 5) is 17.5. The van der Waals surface area contributed by atoms with Crippen LogP contribution in [0.2, 0.25) is 0 Å². The number of carbonyl (C=O) groups is 1. The summed E-state index contributed by atoms with van der Waals surface area (Å²) in [5.74, 6) is 0.812. The van der Waals surface area contributed by atoms with Crippen LogP contribution in [0.4, 0.5) is 0 Å². The molecule has 2 aromatic heterocycles. The molecule has 0 unspecified atom stereocenters. The Hall–Kier alpha value is -2.66. The van der Waals surface area contributed by atoms with Gasteiger partial charge < -0.3 is 13.9 Å². The minimum absolute atomic E-state index is 0.0829. The van der Waals surface area contributed by atoms with Crippen molar-refractivity contribution < 1.29 is 14.3 Å². The monoisotopic (exact) mass is 364 g/mol. The normalized spacial score (nSPS) is 13.6. The molecule has 27 heavy (non-hydrogen) atoms. The summed E-state index contributed by atoms with van der Waals surface area (Å²) in [5.41, 5.74) is 5.87. The van der Waals surface area contributed by atoms with Crippen molar-refractivity contribution in [3.8, 4) is 5.75 Å². The second kappa shape index (κ2) is 7.53. The van der Waals surface area contributed by atoms with E-state index in [0.29, 0.717) is 19.6 Å². The molecular formula is C22H24N2O3. The van der Waals surface area contributed by atoms with Crippen molar-refractivity contribution in [2.45, 2.75) is 39.7 Å². The van der Waals surface area contributed by atoms with Crippen LogP contribution in [0.3, 0.4) is 0 Å². The molecular weight excluding hydrogens is 340 g/mol. The Bertz CT molecular complexity index is 991. The number of ketones is 1. The first-order chi connectivity index (χ1) is 13.2. The number of ether oxygens (including phenoxy) is 2. The van der Waals surface area contributed by atoms with Crippen molar-refractivity contribution in [2.75, 3.05) is 13.2 Å². The van der Waals surface area contributed by atoms with Crippen molar-refractivity contribution in [2.24, 2.45) is 0 Å². The molecule has 0 amide bonds. The molecule has 0 N–H and O–H groups in total. The Balaban J connectivity index is 1.65. The van der Waals surface area contributed by atoms with E-state index in [1.165, 1.54) is 5.56 Å². The van der Waals surface area contributed by atoms with Crippen LogP contribution in [0.25, 0.3) is 5.65 Å². The predicted octanol–water partition coefficient (Wildman–Crippen LogP) is 3.79. The standard InChI is InChI=1S/C22H24N2O3/c1-3-19-13-24-12-17(21(27-4-2)11-22(24)23-19)10-20(25)16-6-5-15-7-8-26-14-18(15)9-16/h5-6,9,11-13H,3-4,7-8,10,14H2,1-2H3. The second-order valence-electron chi connectivity index (χ2n) is 6.83. The molecule has 5 heteroatoms. The quantitative estimate of drug-likeness (QED) is 0.625. The lowest BCUT2D eigenvalue weighted by Gasteiger charge is -2.17. The lowest BCUT2D eigenvalue weighted by Crippen LogP contribution is -2.12. The SMILES string of the molecule is CCOc1cc2nc(CC)cn2cc1CC(=O)c1ccc2c(c1)COCC2. The number of pyridine rings is 1. The number of carbonyl (C=O) groups excluding carboxylic acids is 1. The molecule has 140 valence electrons.